The van der Waals surface area contributed by atoms with Gasteiger partial charge in [0, 0.05) is 5.92 Å². The quantitative estimate of drug-likeness (QED) is 0.531. The van der Waals surface area contributed by atoms with Gasteiger partial charge in [0.05, 0.1) is 6.61 Å². The van der Waals surface area contributed by atoms with Gasteiger partial charge in [0.2, 0.25) is 0 Å². The fourth-order valence-corrected chi connectivity index (χ4v) is 0.937. The molecule has 0 aromatic heterocycles. The Bertz CT molecular complexity index is 406. The molecule has 4 heteroatoms. The minimum absolute atomic E-state index is 0.0190. The topological polar surface area (TPSA) is 66.8 Å². The molecule has 0 saturated heterocycles. The molecule has 0 radical (unpaired) electrons. The Morgan fingerprint density at radius 2 is 2.00 bits per heavy atom. The summed E-state index contributed by atoms with van der Waals surface area (Å²) in [6.45, 7) is 1.90. The third-order valence-electron chi connectivity index (χ3n) is 1.59. The highest BCUT2D eigenvalue weighted by Crippen LogP contribution is 2.24. The lowest BCUT2D eigenvalue weighted by atomic mass is 10.2. The second kappa shape index (κ2) is 4.91. The molecular formula is C11H10O4. The van der Waals surface area contributed by atoms with E-state index in [9.17, 15) is 15.0 Å². The van der Waals surface area contributed by atoms with E-state index in [1.807, 2.05) is 0 Å². The van der Waals surface area contributed by atoms with Crippen molar-refractivity contribution in [2.75, 3.05) is 6.61 Å². The Morgan fingerprint density at radius 3 is 2.53 bits per heavy atom. The molecule has 0 aliphatic rings. The summed E-state index contributed by atoms with van der Waals surface area (Å²) in [6.07, 6.45) is 0. The van der Waals surface area contributed by atoms with Crippen LogP contribution in [0.3, 0.4) is 0 Å². The highest BCUT2D eigenvalue weighted by atomic mass is 16.5. The highest BCUT2D eigenvalue weighted by molar-refractivity contribution is 5.89. The van der Waals surface area contributed by atoms with Gasteiger partial charge in [-0.05, 0) is 25.0 Å². The third kappa shape index (κ3) is 2.92. The van der Waals surface area contributed by atoms with Crippen LogP contribution in [0.15, 0.2) is 18.2 Å². The van der Waals surface area contributed by atoms with Gasteiger partial charge >= 0.3 is 5.97 Å². The number of phenolic OH excluding ortho intramolecular Hbond substituents is 2. The Hall–Kier alpha value is -2.15. The Labute approximate surface area is 87.1 Å². The van der Waals surface area contributed by atoms with Crippen molar-refractivity contribution in [3.8, 4) is 23.3 Å². The molecule has 0 fully saturated rings. The molecule has 0 bridgehead atoms. The SMILES string of the molecule is CCOC(=O)C#Cc1c(O)cccc1O. The van der Waals surface area contributed by atoms with E-state index < -0.39 is 5.97 Å². The van der Waals surface area contributed by atoms with Gasteiger partial charge < -0.3 is 14.9 Å². The van der Waals surface area contributed by atoms with Crippen molar-refractivity contribution < 1.29 is 19.7 Å². The maximum absolute atomic E-state index is 10.9. The Balaban J connectivity index is 2.93. The average Bonchev–Trinajstić information content (AvgIpc) is 2.17. The normalized spacial score (nSPS) is 8.87. The standard InChI is InChI=1S/C11H10O4/c1-2-15-11(14)7-6-8-9(12)4-3-5-10(8)13/h3-5,12-13H,2H2,1H3. The van der Waals surface area contributed by atoms with Crippen LogP contribution in [0.1, 0.15) is 12.5 Å². The molecule has 78 valence electrons. The zero-order valence-corrected chi connectivity index (χ0v) is 8.15. The zero-order chi connectivity index (χ0) is 11.3. The van der Waals surface area contributed by atoms with Crippen LogP contribution < -0.4 is 0 Å². The van der Waals surface area contributed by atoms with Crippen LogP contribution in [0, 0.1) is 11.8 Å². The summed E-state index contributed by atoms with van der Waals surface area (Å²) < 4.78 is 4.57. The van der Waals surface area contributed by atoms with Crippen molar-refractivity contribution in [3.63, 3.8) is 0 Å². The number of carbonyl (C=O) groups is 1. The molecule has 1 rings (SSSR count). The number of benzene rings is 1. The molecule has 15 heavy (non-hydrogen) atoms. The van der Waals surface area contributed by atoms with Crippen LogP contribution in [0.4, 0.5) is 0 Å². The molecule has 0 saturated carbocycles. The number of hydrogen-bond acceptors (Lipinski definition) is 4. The summed E-state index contributed by atoms with van der Waals surface area (Å²) in [5.41, 5.74) is 0.0190. The summed E-state index contributed by atoms with van der Waals surface area (Å²) in [5.74, 6) is 3.45. The summed E-state index contributed by atoms with van der Waals surface area (Å²) in [7, 11) is 0. The minimum atomic E-state index is -0.694. The second-order valence-electron chi connectivity index (χ2n) is 2.64. The Morgan fingerprint density at radius 1 is 1.40 bits per heavy atom. The van der Waals surface area contributed by atoms with Gasteiger partial charge in [0.15, 0.2) is 0 Å². The average molecular weight is 206 g/mol. The summed E-state index contributed by atoms with van der Waals surface area (Å²) >= 11 is 0. The summed E-state index contributed by atoms with van der Waals surface area (Å²) in [5, 5.41) is 18.6. The van der Waals surface area contributed by atoms with E-state index in [0.717, 1.165) is 0 Å². The van der Waals surface area contributed by atoms with E-state index >= 15 is 0 Å². The smallest absolute Gasteiger partial charge is 0.384 e. The zero-order valence-electron chi connectivity index (χ0n) is 8.15. The molecule has 0 aliphatic heterocycles. The predicted molar refractivity (Wildman–Crippen MR) is 53.3 cm³/mol. The fourth-order valence-electron chi connectivity index (χ4n) is 0.937. The maximum atomic E-state index is 10.9. The van der Waals surface area contributed by atoms with E-state index in [4.69, 9.17) is 0 Å². The molecule has 0 heterocycles. The van der Waals surface area contributed by atoms with Gasteiger partial charge in [-0.15, -0.1) is 0 Å². The lowest BCUT2D eigenvalue weighted by molar-refractivity contribution is -0.136. The first-order chi connectivity index (χ1) is 7.15. The van der Waals surface area contributed by atoms with Gasteiger partial charge in [0.25, 0.3) is 0 Å². The van der Waals surface area contributed by atoms with E-state index in [1.165, 1.54) is 18.2 Å². The van der Waals surface area contributed by atoms with Crippen LogP contribution in [-0.4, -0.2) is 22.8 Å². The lowest BCUT2D eigenvalue weighted by Crippen LogP contribution is -1.99. The third-order valence-corrected chi connectivity index (χ3v) is 1.59. The van der Waals surface area contributed by atoms with Crippen molar-refractivity contribution in [2.45, 2.75) is 6.92 Å². The van der Waals surface area contributed by atoms with Crippen LogP contribution in [0.5, 0.6) is 11.5 Å². The van der Waals surface area contributed by atoms with Gasteiger partial charge in [-0.1, -0.05) is 6.07 Å². The van der Waals surface area contributed by atoms with E-state index in [2.05, 4.69) is 16.6 Å². The fraction of sp³-hybridized carbons (Fsp3) is 0.182. The van der Waals surface area contributed by atoms with Crippen LogP contribution in [-0.2, 0) is 9.53 Å². The van der Waals surface area contributed by atoms with E-state index in [-0.39, 0.29) is 23.7 Å². The molecule has 0 spiro atoms. The van der Waals surface area contributed by atoms with Gasteiger partial charge in [0.1, 0.15) is 17.1 Å². The van der Waals surface area contributed by atoms with Crippen molar-refractivity contribution in [3.05, 3.63) is 23.8 Å². The second-order valence-corrected chi connectivity index (χ2v) is 2.64. The summed E-state index contributed by atoms with van der Waals surface area (Å²) in [6, 6.07) is 4.21. The number of ether oxygens (including phenoxy) is 1. The van der Waals surface area contributed by atoms with Crippen LogP contribution >= 0.6 is 0 Å². The summed E-state index contributed by atoms with van der Waals surface area (Å²) in [4.78, 5) is 10.9. The first-order valence-corrected chi connectivity index (χ1v) is 4.35. The molecule has 0 amide bonds. The lowest BCUT2D eigenvalue weighted by Gasteiger charge is -1.98. The largest absolute Gasteiger partial charge is 0.507 e. The molecule has 0 unspecified atom stereocenters. The molecule has 0 aliphatic carbocycles. The monoisotopic (exact) mass is 206 g/mol. The van der Waals surface area contributed by atoms with E-state index in [1.54, 1.807) is 6.92 Å². The van der Waals surface area contributed by atoms with Gasteiger partial charge in [-0.2, -0.15) is 0 Å². The number of carbonyl (C=O) groups excluding carboxylic acids is 1. The Kier molecular flexibility index (Phi) is 3.58. The van der Waals surface area contributed by atoms with Gasteiger partial charge in [-0.25, -0.2) is 4.79 Å². The van der Waals surface area contributed by atoms with Crippen LogP contribution in [0.2, 0.25) is 0 Å². The van der Waals surface area contributed by atoms with Crippen molar-refractivity contribution in [1.82, 2.24) is 0 Å². The van der Waals surface area contributed by atoms with Gasteiger partial charge in [-0.3, -0.25) is 0 Å². The number of rotatable bonds is 1. The predicted octanol–water partition coefficient (Wildman–Crippen LogP) is 1.01. The molecule has 0 atom stereocenters. The highest BCUT2D eigenvalue weighted by Gasteiger charge is 2.03. The minimum Gasteiger partial charge on any atom is -0.507 e. The number of esters is 1. The number of hydrogen-bond donors (Lipinski definition) is 2. The van der Waals surface area contributed by atoms with Crippen molar-refractivity contribution >= 4 is 5.97 Å². The van der Waals surface area contributed by atoms with E-state index in [0.29, 0.717) is 0 Å². The van der Waals surface area contributed by atoms with Crippen LogP contribution in [0.25, 0.3) is 0 Å². The molecule has 1 aromatic carbocycles. The number of aromatic hydroxyl groups is 2. The van der Waals surface area contributed by atoms with Crippen molar-refractivity contribution in [1.29, 1.82) is 0 Å². The van der Waals surface area contributed by atoms with Crippen molar-refractivity contribution in [2.24, 2.45) is 0 Å². The molecule has 2 N–H and O–H groups in total. The first kappa shape index (κ1) is 10.9. The molecular weight excluding hydrogens is 196 g/mol. The maximum Gasteiger partial charge on any atom is 0.384 e. The molecule has 1 aromatic rings. The number of phenols is 2. The molecule has 4 nitrogen and oxygen atoms in total. The first-order valence-electron chi connectivity index (χ1n) is 4.35.